The Kier molecular flexibility index (Phi) is 7.04. The van der Waals surface area contributed by atoms with E-state index in [-0.39, 0.29) is 13.2 Å². The van der Waals surface area contributed by atoms with Gasteiger partial charge in [0.1, 0.15) is 18.0 Å². The Morgan fingerprint density at radius 3 is 2.60 bits per heavy atom. The van der Waals surface area contributed by atoms with Crippen LogP contribution in [0.2, 0.25) is 0 Å². The van der Waals surface area contributed by atoms with E-state index in [1.807, 2.05) is 51.1 Å². The number of nitrogens with one attached hydrogen (secondary N) is 1. The summed E-state index contributed by atoms with van der Waals surface area (Å²) in [4.78, 5) is 25.9. The summed E-state index contributed by atoms with van der Waals surface area (Å²) in [5.74, 6) is -0.395. The number of carbonyl (C=O) groups excluding carboxylic acids is 2. The van der Waals surface area contributed by atoms with Crippen LogP contribution in [-0.4, -0.2) is 39.0 Å². The Labute approximate surface area is 203 Å². The molecule has 8 nitrogen and oxygen atoms in total. The molecule has 1 aromatic heterocycles. The Morgan fingerprint density at radius 2 is 1.89 bits per heavy atom. The molecule has 1 aliphatic rings. The smallest absolute Gasteiger partial charge is 0.410 e. The molecule has 2 amide bonds. The van der Waals surface area contributed by atoms with Crippen LogP contribution in [0.4, 0.5) is 14.0 Å². The lowest BCUT2D eigenvalue weighted by atomic mass is 10.1. The zero-order chi connectivity index (χ0) is 25.0. The van der Waals surface area contributed by atoms with Crippen LogP contribution < -0.4 is 5.32 Å². The van der Waals surface area contributed by atoms with Gasteiger partial charge in [0.25, 0.3) is 0 Å². The van der Waals surface area contributed by atoms with Gasteiger partial charge in [-0.05, 0) is 50.5 Å². The maximum atomic E-state index is 14.8. The molecule has 35 heavy (non-hydrogen) atoms. The van der Waals surface area contributed by atoms with E-state index in [0.29, 0.717) is 30.8 Å². The molecule has 1 N–H and O–H groups in total. The fourth-order valence-corrected chi connectivity index (χ4v) is 3.77. The van der Waals surface area contributed by atoms with Gasteiger partial charge in [0.15, 0.2) is 0 Å². The van der Waals surface area contributed by atoms with E-state index in [1.54, 1.807) is 27.9 Å². The van der Waals surface area contributed by atoms with Crippen LogP contribution in [-0.2, 0) is 35.6 Å². The van der Waals surface area contributed by atoms with Gasteiger partial charge in [-0.3, -0.25) is 4.90 Å². The van der Waals surface area contributed by atoms with Gasteiger partial charge in [-0.25, -0.2) is 18.7 Å². The molecule has 0 unspecified atom stereocenters. The zero-order valence-corrected chi connectivity index (χ0v) is 20.1. The maximum Gasteiger partial charge on any atom is 0.410 e. The van der Waals surface area contributed by atoms with Crippen molar-refractivity contribution in [2.75, 3.05) is 6.54 Å². The van der Waals surface area contributed by atoms with Crippen LogP contribution >= 0.6 is 0 Å². The monoisotopic (exact) mass is 480 g/mol. The fraction of sp³-hybridized carbons (Fsp3) is 0.346. The van der Waals surface area contributed by atoms with Gasteiger partial charge in [0.2, 0.25) is 0 Å². The summed E-state index contributed by atoms with van der Waals surface area (Å²) in [6, 6.07) is 14.2. The van der Waals surface area contributed by atoms with E-state index in [0.717, 1.165) is 16.8 Å². The molecule has 0 fully saturated rings. The summed E-state index contributed by atoms with van der Waals surface area (Å²) >= 11 is 0. The molecule has 3 aromatic rings. The highest BCUT2D eigenvalue weighted by Crippen LogP contribution is 2.27. The number of amides is 2. The van der Waals surface area contributed by atoms with Gasteiger partial charge in [-0.1, -0.05) is 36.4 Å². The lowest BCUT2D eigenvalue weighted by Crippen LogP contribution is -2.33. The molecule has 0 saturated heterocycles. The van der Waals surface area contributed by atoms with Crippen molar-refractivity contribution in [2.45, 2.75) is 52.5 Å². The van der Waals surface area contributed by atoms with Gasteiger partial charge in [-0.2, -0.15) is 5.10 Å². The number of benzene rings is 2. The number of rotatable bonds is 6. The molecule has 1 aliphatic heterocycles. The maximum absolute atomic E-state index is 14.8. The number of fused-ring (bicyclic) bond motifs is 1. The highest BCUT2D eigenvalue weighted by Gasteiger charge is 2.30. The second kappa shape index (κ2) is 10.2. The van der Waals surface area contributed by atoms with Crippen LogP contribution in [0.5, 0.6) is 0 Å². The van der Waals surface area contributed by atoms with Crippen molar-refractivity contribution in [2.24, 2.45) is 0 Å². The average Bonchev–Trinajstić information content (AvgIpc) is 3.40. The van der Waals surface area contributed by atoms with Crippen LogP contribution in [0.3, 0.4) is 0 Å². The largest absolute Gasteiger partial charge is 0.445 e. The molecule has 2 aromatic carbocycles. The van der Waals surface area contributed by atoms with E-state index in [4.69, 9.17) is 9.47 Å². The van der Waals surface area contributed by atoms with Crippen LogP contribution in [0.1, 0.15) is 43.2 Å². The molecule has 2 heterocycles. The first-order valence-electron chi connectivity index (χ1n) is 11.5. The molecular formula is C26H29FN4O4. The highest BCUT2D eigenvalue weighted by molar-refractivity contribution is 5.69. The van der Waals surface area contributed by atoms with Gasteiger partial charge >= 0.3 is 12.2 Å². The van der Waals surface area contributed by atoms with Crippen molar-refractivity contribution < 1.29 is 23.5 Å². The number of ether oxygens (including phenoxy) is 2. The van der Waals surface area contributed by atoms with Gasteiger partial charge in [0, 0.05) is 12.1 Å². The van der Waals surface area contributed by atoms with Crippen molar-refractivity contribution >= 4 is 12.2 Å². The summed E-state index contributed by atoms with van der Waals surface area (Å²) in [6.07, 6.45) is 1.07. The third-order valence-corrected chi connectivity index (χ3v) is 5.47. The summed E-state index contributed by atoms with van der Waals surface area (Å²) in [6.45, 7) is 6.62. The molecule has 0 atom stereocenters. The predicted molar refractivity (Wildman–Crippen MR) is 127 cm³/mol. The number of nitrogens with zero attached hydrogens (tertiary/aromatic N) is 3. The van der Waals surface area contributed by atoms with E-state index < -0.39 is 23.6 Å². The molecule has 0 spiro atoms. The van der Waals surface area contributed by atoms with Gasteiger partial charge in [0.05, 0.1) is 30.7 Å². The molecular weight excluding hydrogens is 451 g/mol. The normalized spacial score (nSPS) is 12.9. The van der Waals surface area contributed by atoms with E-state index in [1.165, 1.54) is 6.07 Å². The minimum absolute atomic E-state index is 0.176. The Balaban J connectivity index is 1.32. The van der Waals surface area contributed by atoms with E-state index in [2.05, 4.69) is 10.4 Å². The Morgan fingerprint density at radius 1 is 1.11 bits per heavy atom. The third kappa shape index (κ3) is 6.17. The topological polar surface area (TPSA) is 85.7 Å². The SMILES string of the molecule is CC(C)(C)OC(=O)N1Cc2cnn(-c3ccc(CCNC(=O)OCc4ccccc4)c(F)c3)c2C1. The minimum atomic E-state index is -0.579. The molecule has 0 bridgehead atoms. The Bertz CT molecular complexity index is 1200. The number of hydrogen-bond donors (Lipinski definition) is 1. The number of hydrogen-bond acceptors (Lipinski definition) is 5. The third-order valence-electron chi connectivity index (χ3n) is 5.47. The predicted octanol–water partition coefficient (Wildman–Crippen LogP) is 4.73. The van der Waals surface area contributed by atoms with E-state index in [9.17, 15) is 14.0 Å². The van der Waals surface area contributed by atoms with Crippen LogP contribution in [0.25, 0.3) is 5.69 Å². The number of alkyl carbamates (subject to hydrolysis) is 1. The highest BCUT2D eigenvalue weighted by atomic mass is 19.1. The molecule has 0 saturated carbocycles. The summed E-state index contributed by atoms with van der Waals surface area (Å²) in [5, 5.41) is 7.02. The summed E-state index contributed by atoms with van der Waals surface area (Å²) in [7, 11) is 0. The standard InChI is InChI=1S/C26H29FN4O4/c1-26(2,3)35-25(33)30-15-20-14-29-31(23(20)16-30)21-10-9-19(22(27)13-21)11-12-28-24(32)34-17-18-7-5-4-6-8-18/h4-10,13-14H,11-12,15-17H2,1-3H3,(H,28,32). The second-order valence-electron chi connectivity index (χ2n) is 9.38. The van der Waals surface area contributed by atoms with Crippen LogP contribution in [0, 0.1) is 5.82 Å². The second-order valence-corrected chi connectivity index (χ2v) is 9.38. The first-order valence-corrected chi connectivity index (χ1v) is 11.5. The van der Waals surface area contributed by atoms with E-state index >= 15 is 0 Å². The number of carbonyl (C=O) groups is 2. The first kappa shape index (κ1) is 24.3. The molecule has 0 aliphatic carbocycles. The average molecular weight is 481 g/mol. The summed E-state index contributed by atoms with van der Waals surface area (Å²) in [5.41, 5.74) is 3.07. The summed E-state index contributed by atoms with van der Waals surface area (Å²) < 4.78 is 27.1. The molecule has 4 rings (SSSR count). The Hall–Kier alpha value is -3.88. The molecule has 184 valence electrons. The lowest BCUT2D eigenvalue weighted by molar-refractivity contribution is 0.0239. The van der Waals surface area contributed by atoms with Crippen molar-refractivity contribution in [3.8, 4) is 5.69 Å². The molecule has 9 heteroatoms. The van der Waals surface area contributed by atoms with Gasteiger partial charge < -0.3 is 14.8 Å². The van der Waals surface area contributed by atoms with Gasteiger partial charge in [-0.15, -0.1) is 0 Å². The fourth-order valence-electron chi connectivity index (χ4n) is 3.77. The van der Waals surface area contributed by atoms with Crippen molar-refractivity contribution in [1.29, 1.82) is 0 Å². The molecule has 0 radical (unpaired) electrons. The lowest BCUT2D eigenvalue weighted by Gasteiger charge is -2.24. The van der Waals surface area contributed by atoms with Crippen molar-refractivity contribution in [3.05, 3.63) is 82.9 Å². The first-order chi connectivity index (χ1) is 16.7. The number of halogens is 1. The van der Waals surface area contributed by atoms with Crippen LogP contribution in [0.15, 0.2) is 54.7 Å². The number of aromatic nitrogens is 2. The minimum Gasteiger partial charge on any atom is -0.445 e. The quantitative estimate of drug-likeness (QED) is 0.551. The van der Waals surface area contributed by atoms with Crippen molar-refractivity contribution in [1.82, 2.24) is 20.0 Å². The zero-order valence-electron chi connectivity index (χ0n) is 20.1. The van der Waals surface area contributed by atoms with Crippen molar-refractivity contribution in [3.63, 3.8) is 0 Å².